The van der Waals surface area contributed by atoms with Crippen LogP contribution in [0.5, 0.6) is 0 Å². The van der Waals surface area contributed by atoms with Crippen LogP contribution in [0.15, 0.2) is 61.1 Å². The fourth-order valence-electron chi connectivity index (χ4n) is 3.84. The molecule has 5 rings (SSSR count). The van der Waals surface area contributed by atoms with Crippen LogP contribution in [0.3, 0.4) is 0 Å². The number of rotatable bonds is 4. The highest BCUT2D eigenvalue weighted by Gasteiger charge is 2.18. The number of carbonyl (C=O) groups is 1. The van der Waals surface area contributed by atoms with Crippen molar-refractivity contribution in [1.82, 2.24) is 29.5 Å². The van der Waals surface area contributed by atoms with E-state index in [1.165, 1.54) is 6.33 Å². The van der Waals surface area contributed by atoms with Crippen LogP contribution in [0.1, 0.15) is 27.2 Å². The second-order valence-corrected chi connectivity index (χ2v) is 8.32. The van der Waals surface area contributed by atoms with Crippen molar-refractivity contribution in [3.63, 3.8) is 0 Å². The molecule has 0 saturated carbocycles. The number of halogens is 1. The van der Waals surface area contributed by atoms with Crippen LogP contribution in [0, 0.1) is 20.8 Å². The lowest BCUT2D eigenvalue weighted by Crippen LogP contribution is -2.16. The van der Waals surface area contributed by atoms with Gasteiger partial charge in [0, 0.05) is 16.7 Å². The molecule has 5 aromatic rings. The van der Waals surface area contributed by atoms with Crippen molar-refractivity contribution >= 4 is 34.4 Å². The summed E-state index contributed by atoms with van der Waals surface area (Å²) in [7, 11) is 0. The Morgan fingerprint density at radius 3 is 2.52 bits per heavy atom. The molecule has 33 heavy (non-hydrogen) atoms. The first-order valence-electron chi connectivity index (χ1n) is 10.3. The molecule has 164 valence electrons. The lowest BCUT2D eigenvalue weighted by Gasteiger charge is -2.10. The average molecular weight is 458 g/mol. The van der Waals surface area contributed by atoms with E-state index in [0.717, 1.165) is 22.5 Å². The minimum atomic E-state index is -0.220. The van der Waals surface area contributed by atoms with Crippen LogP contribution in [0.2, 0.25) is 5.02 Å². The number of fused-ring (bicyclic) bond motifs is 1. The molecule has 3 heterocycles. The van der Waals surface area contributed by atoms with Crippen molar-refractivity contribution in [2.24, 2.45) is 0 Å². The number of nitrogens with zero attached hydrogens (tertiary/aromatic N) is 6. The largest absolute Gasteiger partial charge is 0.306 e. The number of nitrogens with one attached hydrogen (secondary N) is 1. The van der Waals surface area contributed by atoms with Crippen LogP contribution < -0.4 is 5.32 Å². The van der Waals surface area contributed by atoms with Gasteiger partial charge in [0.1, 0.15) is 12.1 Å². The van der Waals surface area contributed by atoms with Gasteiger partial charge in [-0.25, -0.2) is 14.6 Å². The average Bonchev–Trinajstić information content (AvgIpc) is 3.36. The first-order valence-corrected chi connectivity index (χ1v) is 10.7. The predicted molar refractivity (Wildman–Crippen MR) is 127 cm³/mol. The first kappa shape index (κ1) is 20.8. The van der Waals surface area contributed by atoms with Crippen molar-refractivity contribution in [2.75, 3.05) is 5.32 Å². The molecule has 0 radical (unpaired) electrons. The molecule has 0 unspecified atom stereocenters. The molecule has 0 atom stereocenters. The number of aromatic nitrogens is 6. The maximum atomic E-state index is 13.0. The van der Waals surface area contributed by atoms with Crippen LogP contribution in [-0.4, -0.2) is 35.4 Å². The molecular formula is C24H20ClN7O. The van der Waals surface area contributed by atoms with Crippen LogP contribution in [0.4, 0.5) is 5.82 Å². The summed E-state index contributed by atoms with van der Waals surface area (Å²) in [6, 6.07) is 14.9. The monoisotopic (exact) mass is 457 g/mol. The second kappa shape index (κ2) is 8.14. The summed E-state index contributed by atoms with van der Waals surface area (Å²) < 4.78 is 3.29. The maximum absolute atomic E-state index is 13.0. The Labute approximate surface area is 194 Å². The van der Waals surface area contributed by atoms with E-state index in [1.54, 1.807) is 27.7 Å². The van der Waals surface area contributed by atoms with Crippen molar-refractivity contribution in [3.8, 4) is 11.5 Å². The number of amides is 1. The van der Waals surface area contributed by atoms with Gasteiger partial charge in [-0.2, -0.15) is 14.9 Å². The Hall–Kier alpha value is -4.04. The van der Waals surface area contributed by atoms with E-state index >= 15 is 0 Å². The van der Waals surface area contributed by atoms with Gasteiger partial charge in [0.15, 0.2) is 11.5 Å². The summed E-state index contributed by atoms with van der Waals surface area (Å²) in [5.41, 5.74) is 4.75. The molecule has 0 aliphatic rings. The Morgan fingerprint density at radius 2 is 1.76 bits per heavy atom. The fourth-order valence-corrected chi connectivity index (χ4v) is 4.03. The van der Waals surface area contributed by atoms with E-state index in [4.69, 9.17) is 11.6 Å². The van der Waals surface area contributed by atoms with Crippen LogP contribution in [-0.2, 0) is 0 Å². The van der Waals surface area contributed by atoms with E-state index < -0.39 is 0 Å². The summed E-state index contributed by atoms with van der Waals surface area (Å²) in [5, 5.41) is 13.3. The minimum Gasteiger partial charge on any atom is -0.306 e. The standard InChI is InChI=1S/C24H20ClN7O/c1-14-7-15(2)9-17(8-14)24(33)29-21-10-16(3)30-32(21)23-20-12-28-31(22(20)26-13-27-23)19-6-4-5-18(25)11-19/h4-13H,1-3H3,(H,29,33). The summed E-state index contributed by atoms with van der Waals surface area (Å²) in [5.74, 6) is 0.798. The van der Waals surface area contributed by atoms with Crippen molar-refractivity contribution < 1.29 is 4.79 Å². The van der Waals surface area contributed by atoms with Gasteiger partial charge < -0.3 is 5.32 Å². The van der Waals surface area contributed by atoms with Crippen molar-refractivity contribution in [2.45, 2.75) is 20.8 Å². The lowest BCUT2D eigenvalue weighted by atomic mass is 10.1. The van der Waals surface area contributed by atoms with Gasteiger partial charge in [0.05, 0.1) is 23.0 Å². The third kappa shape index (κ3) is 3.96. The molecule has 1 amide bonds. The molecule has 1 N–H and O–H groups in total. The van der Waals surface area contributed by atoms with E-state index in [1.807, 2.05) is 57.2 Å². The molecule has 0 spiro atoms. The lowest BCUT2D eigenvalue weighted by molar-refractivity contribution is 0.102. The zero-order valence-corrected chi connectivity index (χ0v) is 19.0. The predicted octanol–water partition coefficient (Wildman–Crippen LogP) is 4.83. The summed E-state index contributed by atoms with van der Waals surface area (Å²) in [6.45, 7) is 5.79. The summed E-state index contributed by atoms with van der Waals surface area (Å²) in [6.07, 6.45) is 3.13. The van der Waals surface area contributed by atoms with Crippen molar-refractivity contribution in [3.05, 3.63) is 88.5 Å². The minimum absolute atomic E-state index is 0.220. The van der Waals surface area contributed by atoms with Gasteiger partial charge in [0.25, 0.3) is 5.91 Å². The molecule has 0 saturated heterocycles. The summed E-state index contributed by atoms with van der Waals surface area (Å²) in [4.78, 5) is 21.8. The van der Waals surface area contributed by atoms with Gasteiger partial charge in [-0.1, -0.05) is 34.9 Å². The summed E-state index contributed by atoms with van der Waals surface area (Å²) >= 11 is 6.15. The van der Waals surface area contributed by atoms with Crippen LogP contribution >= 0.6 is 11.6 Å². The van der Waals surface area contributed by atoms with Gasteiger partial charge in [-0.3, -0.25) is 4.79 Å². The number of anilines is 1. The topological polar surface area (TPSA) is 90.5 Å². The quantitative estimate of drug-likeness (QED) is 0.417. The van der Waals surface area contributed by atoms with Gasteiger partial charge in [-0.05, 0) is 51.1 Å². The Morgan fingerprint density at radius 1 is 0.970 bits per heavy atom. The smallest absolute Gasteiger partial charge is 0.256 e. The zero-order chi connectivity index (χ0) is 23.1. The highest BCUT2D eigenvalue weighted by molar-refractivity contribution is 6.30. The normalized spacial score (nSPS) is 11.2. The van der Waals surface area contributed by atoms with E-state index in [2.05, 4.69) is 25.5 Å². The van der Waals surface area contributed by atoms with E-state index in [9.17, 15) is 4.79 Å². The molecule has 2 aromatic carbocycles. The molecule has 8 nitrogen and oxygen atoms in total. The maximum Gasteiger partial charge on any atom is 0.256 e. The van der Waals surface area contributed by atoms with Crippen LogP contribution in [0.25, 0.3) is 22.5 Å². The number of benzene rings is 2. The molecular weight excluding hydrogens is 438 g/mol. The Bertz CT molecular complexity index is 1500. The van der Waals surface area contributed by atoms with Crippen molar-refractivity contribution in [1.29, 1.82) is 0 Å². The third-order valence-corrected chi connectivity index (χ3v) is 5.39. The Balaban J connectivity index is 1.57. The van der Waals surface area contributed by atoms with Gasteiger partial charge in [0.2, 0.25) is 0 Å². The fraction of sp³-hybridized carbons (Fsp3) is 0.125. The first-order chi connectivity index (χ1) is 15.9. The number of hydrogen-bond donors (Lipinski definition) is 1. The Kier molecular flexibility index (Phi) is 5.14. The van der Waals surface area contributed by atoms with Gasteiger partial charge in [-0.15, -0.1) is 0 Å². The molecule has 0 aliphatic carbocycles. The molecule has 0 bridgehead atoms. The highest BCUT2D eigenvalue weighted by atomic mass is 35.5. The molecule has 3 aromatic heterocycles. The molecule has 9 heteroatoms. The third-order valence-electron chi connectivity index (χ3n) is 5.16. The number of aryl methyl sites for hydroxylation is 3. The van der Waals surface area contributed by atoms with E-state index in [-0.39, 0.29) is 5.91 Å². The molecule has 0 aliphatic heterocycles. The van der Waals surface area contributed by atoms with E-state index in [0.29, 0.717) is 33.3 Å². The highest BCUT2D eigenvalue weighted by Crippen LogP contribution is 2.25. The SMILES string of the molecule is Cc1cc(C)cc(C(=O)Nc2cc(C)nn2-c2ncnc3c2cnn3-c2cccc(Cl)c2)c1. The van der Waals surface area contributed by atoms with Gasteiger partial charge >= 0.3 is 0 Å². The second-order valence-electron chi connectivity index (χ2n) is 7.88. The zero-order valence-electron chi connectivity index (χ0n) is 18.2. The number of hydrogen-bond acceptors (Lipinski definition) is 5. The molecule has 0 fully saturated rings. The number of carbonyl (C=O) groups excluding carboxylic acids is 1.